The highest BCUT2D eigenvalue weighted by Crippen LogP contribution is 2.40. The number of nitrogens with zero attached hydrogens (tertiary/aromatic N) is 1. The zero-order valence-electron chi connectivity index (χ0n) is 14.6. The molecule has 1 N–H and O–H groups in total. The smallest absolute Gasteiger partial charge is 0.323 e. The first-order valence-electron chi connectivity index (χ1n) is 7.75. The largest absolute Gasteiger partial charge is 0.493 e. The fourth-order valence-electron chi connectivity index (χ4n) is 2.48. The highest BCUT2D eigenvalue weighted by molar-refractivity contribution is 5.81. The number of carboxylic acid groups (broad SMARTS) is 1. The lowest BCUT2D eigenvalue weighted by molar-refractivity contribution is -0.144. The fourth-order valence-corrected chi connectivity index (χ4v) is 2.48. The van der Waals surface area contributed by atoms with E-state index < -0.39 is 5.97 Å². The van der Waals surface area contributed by atoms with Gasteiger partial charge in [0.15, 0.2) is 11.5 Å². The molecule has 0 spiro atoms. The van der Waals surface area contributed by atoms with Gasteiger partial charge in [0.25, 0.3) is 0 Å². The van der Waals surface area contributed by atoms with Gasteiger partial charge in [-0.25, -0.2) is 0 Å². The Labute approximate surface area is 142 Å². The molecule has 0 saturated heterocycles. The first-order valence-corrected chi connectivity index (χ1v) is 7.75. The summed E-state index contributed by atoms with van der Waals surface area (Å²) in [6.07, 6.45) is 1.32. The molecule has 134 valence electrons. The van der Waals surface area contributed by atoms with Crippen LogP contribution in [-0.4, -0.2) is 56.3 Å². The van der Waals surface area contributed by atoms with E-state index in [1.54, 1.807) is 6.07 Å². The van der Waals surface area contributed by atoms with Gasteiger partial charge in [0.2, 0.25) is 11.7 Å². The second-order valence-electron chi connectivity index (χ2n) is 5.20. The van der Waals surface area contributed by atoms with E-state index in [1.807, 2.05) is 13.0 Å². The summed E-state index contributed by atoms with van der Waals surface area (Å²) in [5.41, 5.74) is 0.801. The van der Waals surface area contributed by atoms with Crippen molar-refractivity contribution in [3.8, 4) is 17.2 Å². The number of aliphatic carboxylic acids is 1. The molecule has 0 atom stereocenters. The summed E-state index contributed by atoms with van der Waals surface area (Å²) < 4.78 is 15.9. The molecule has 0 radical (unpaired) electrons. The number of ether oxygens (including phenoxy) is 3. The SMILES string of the molecule is CCCN(CC(=O)O)C(=O)CCc1ccc(OC)c(OC)c1OC. The Kier molecular flexibility index (Phi) is 7.88. The van der Waals surface area contributed by atoms with Gasteiger partial charge in [0, 0.05) is 13.0 Å². The van der Waals surface area contributed by atoms with Crippen molar-refractivity contribution in [1.29, 1.82) is 0 Å². The zero-order valence-corrected chi connectivity index (χ0v) is 14.6. The molecule has 1 rings (SSSR count). The second kappa shape index (κ2) is 9.64. The van der Waals surface area contributed by atoms with Gasteiger partial charge in [-0.05, 0) is 24.5 Å². The Bertz CT molecular complexity index is 572. The molecule has 0 aliphatic carbocycles. The molecule has 1 amide bonds. The zero-order chi connectivity index (χ0) is 18.1. The number of methoxy groups -OCH3 is 3. The van der Waals surface area contributed by atoms with Crippen LogP contribution in [0.4, 0.5) is 0 Å². The van der Waals surface area contributed by atoms with Crippen LogP contribution in [0.2, 0.25) is 0 Å². The van der Waals surface area contributed by atoms with Crippen molar-refractivity contribution in [3.05, 3.63) is 17.7 Å². The lowest BCUT2D eigenvalue weighted by atomic mass is 10.1. The standard InChI is InChI=1S/C17H25NO6/c1-5-10-18(11-15(20)21)14(19)9-7-12-6-8-13(22-2)17(24-4)16(12)23-3/h6,8H,5,7,9-11H2,1-4H3,(H,20,21). The third-order valence-corrected chi connectivity index (χ3v) is 3.57. The summed E-state index contributed by atoms with van der Waals surface area (Å²) in [6.45, 7) is 2.05. The highest BCUT2D eigenvalue weighted by Gasteiger charge is 2.19. The lowest BCUT2D eigenvalue weighted by Gasteiger charge is -2.20. The summed E-state index contributed by atoms with van der Waals surface area (Å²) >= 11 is 0. The Hall–Kier alpha value is -2.44. The maximum Gasteiger partial charge on any atom is 0.323 e. The number of hydrogen-bond donors (Lipinski definition) is 1. The van der Waals surface area contributed by atoms with E-state index in [9.17, 15) is 9.59 Å². The van der Waals surface area contributed by atoms with Crippen molar-refractivity contribution in [2.24, 2.45) is 0 Å². The fraction of sp³-hybridized carbons (Fsp3) is 0.529. The van der Waals surface area contributed by atoms with E-state index in [0.717, 1.165) is 5.56 Å². The van der Waals surface area contributed by atoms with Crippen molar-refractivity contribution in [2.45, 2.75) is 26.2 Å². The van der Waals surface area contributed by atoms with Crippen LogP contribution in [0.1, 0.15) is 25.3 Å². The Morgan fingerprint density at radius 2 is 1.75 bits per heavy atom. The summed E-state index contributed by atoms with van der Waals surface area (Å²) in [7, 11) is 4.58. The predicted molar refractivity (Wildman–Crippen MR) is 88.9 cm³/mol. The first kappa shape index (κ1) is 19.6. The average Bonchev–Trinajstić information content (AvgIpc) is 2.57. The van der Waals surface area contributed by atoms with Crippen LogP contribution in [0.25, 0.3) is 0 Å². The number of hydrogen-bond acceptors (Lipinski definition) is 5. The summed E-state index contributed by atoms with van der Waals surface area (Å²) in [5, 5.41) is 8.91. The minimum atomic E-state index is -1.01. The van der Waals surface area contributed by atoms with Gasteiger partial charge in [-0.1, -0.05) is 13.0 Å². The van der Waals surface area contributed by atoms with Crippen molar-refractivity contribution < 1.29 is 28.9 Å². The van der Waals surface area contributed by atoms with Crippen LogP contribution < -0.4 is 14.2 Å². The number of carbonyl (C=O) groups excluding carboxylic acids is 1. The Balaban J connectivity index is 2.89. The number of carboxylic acids is 1. The molecule has 1 aromatic carbocycles. The molecule has 0 aromatic heterocycles. The molecule has 0 aliphatic heterocycles. The van der Waals surface area contributed by atoms with Crippen LogP contribution in [0.15, 0.2) is 12.1 Å². The van der Waals surface area contributed by atoms with Crippen LogP contribution in [0.3, 0.4) is 0 Å². The molecule has 0 fully saturated rings. The Morgan fingerprint density at radius 1 is 1.08 bits per heavy atom. The van der Waals surface area contributed by atoms with Crippen molar-refractivity contribution in [3.63, 3.8) is 0 Å². The normalized spacial score (nSPS) is 10.2. The first-order chi connectivity index (χ1) is 11.5. The van der Waals surface area contributed by atoms with Gasteiger partial charge in [0.1, 0.15) is 6.54 Å². The predicted octanol–water partition coefficient (Wildman–Crippen LogP) is 1.97. The molecule has 0 aliphatic rings. The highest BCUT2D eigenvalue weighted by atomic mass is 16.5. The number of aryl methyl sites for hydroxylation is 1. The van der Waals surface area contributed by atoms with Gasteiger partial charge in [-0.3, -0.25) is 9.59 Å². The third kappa shape index (κ3) is 5.04. The second-order valence-corrected chi connectivity index (χ2v) is 5.20. The maximum atomic E-state index is 12.3. The topological polar surface area (TPSA) is 85.3 Å². The van der Waals surface area contributed by atoms with Gasteiger partial charge in [-0.15, -0.1) is 0 Å². The molecule has 0 bridgehead atoms. The van der Waals surface area contributed by atoms with Gasteiger partial charge in [-0.2, -0.15) is 0 Å². The van der Waals surface area contributed by atoms with Crippen LogP contribution in [-0.2, 0) is 16.0 Å². The van der Waals surface area contributed by atoms with E-state index >= 15 is 0 Å². The monoisotopic (exact) mass is 339 g/mol. The van der Waals surface area contributed by atoms with E-state index in [0.29, 0.717) is 36.6 Å². The summed E-state index contributed by atoms with van der Waals surface area (Å²) in [4.78, 5) is 24.5. The molecular weight excluding hydrogens is 314 g/mol. The summed E-state index contributed by atoms with van der Waals surface area (Å²) in [6, 6.07) is 3.57. The van der Waals surface area contributed by atoms with Crippen LogP contribution in [0, 0.1) is 0 Å². The van der Waals surface area contributed by atoms with Crippen LogP contribution >= 0.6 is 0 Å². The lowest BCUT2D eigenvalue weighted by Crippen LogP contribution is -2.36. The molecule has 0 heterocycles. The molecule has 7 heteroatoms. The molecule has 1 aromatic rings. The van der Waals surface area contributed by atoms with E-state index in [1.165, 1.54) is 26.2 Å². The molecular formula is C17H25NO6. The van der Waals surface area contributed by atoms with E-state index in [2.05, 4.69) is 0 Å². The third-order valence-electron chi connectivity index (χ3n) is 3.57. The van der Waals surface area contributed by atoms with E-state index in [-0.39, 0.29) is 18.9 Å². The molecule has 24 heavy (non-hydrogen) atoms. The Morgan fingerprint density at radius 3 is 2.25 bits per heavy atom. The molecule has 7 nitrogen and oxygen atoms in total. The van der Waals surface area contributed by atoms with Gasteiger partial charge >= 0.3 is 5.97 Å². The maximum absolute atomic E-state index is 12.3. The minimum Gasteiger partial charge on any atom is -0.493 e. The van der Waals surface area contributed by atoms with Gasteiger partial charge in [0.05, 0.1) is 21.3 Å². The quantitative estimate of drug-likeness (QED) is 0.701. The minimum absolute atomic E-state index is 0.194. The van der Waals surface area contributed by atoms with Crippen LogP contribution in [0.5, 0.6) is 17.2 Å². The van der Waals surface area contributed by atoms with Crippen molar-refractivity contribution in [2.75, 3.05) is 34.4 Å². The number of carbonyl (C=O) groups is 2. The van der Waals surface area contributed by atoms with Crippen molar-refractivity contribution in [1.82, 2.24) is 4.90 Å². The number of benzene rings is 1. The average molecular weight is 339 g/mol. The number of rotatable bonds is 10. The number of amides is 1. The van der Waals surface area contributed by atoms with Crippen molar-refractivity contribution >= 4 is 11.9 Å². The summed E-state index contributed by atoms with van der Waals surface area (Å²) in [5.74, 6) is 0.324. The molecule has 0 saturated carbocycles. The van der Waals surface area contributed by atoms with E-state index in [4.69, 9.17) is 19.3 Å². The molecule has 0 unspecified atom stereocenters. The van der Waals surface area contributed by atoms with Gasteiger partial charge < -0.3 is 24.2 Å².